The highest BCUT2D eigenvalue weighted by molar-refractivity contribution is 8.01. The van der Waals surface area contributed by atoms with Gasteiger partial charge in [-0.3, -0.25) is 9.59 Å². The first-order chi connectivity index (χ1) is 10.1. The molecule has 2 saturated heterocycles. The van der Waals surface area contributed by atoms with Crippen LogP contribution < -0.4 is 0 Å². The Labute approximate surface area is 137 Å². The van der Waals surface area contributed by atoms with Gasteiger partial charge in [-0.2, -0.15) is 0 Å². The van der Waals surface area contributed by atoms with Crippen LogP contribution in [-0.4, -0.2) is 51.2 Å². The van der Waals surface area contributed by atoms with E-state index in [1.165, 1.54) is 4.88 Å². The zero-order chi connectivity index (χ0) is 14.9. The van der Waals surface area contributed by atoms with Crippen LogP contribution in [0.4, 0.5) is 0 Å². The number of amides is 2. The largest absolute Gasteiger partial charge is 0.341 e. The van der Waals surface area contributed by atoms with E-state index in [2.05, 4.69) is 6.07 Å². The fourth-order valence-electron chi connectivity index (χ4n) is 2.97. The highest BCUT2D eigenvalue weighted by Crippen LogP contribution is 2.45. The van der Waals surface area contributed by atoms with Crippen molar-refractivity contribution in [2.45, 2.75) is 24.3 Å². The van der Waals surface area contributed by atoms with Gasteiger partial charge in [-0.25, -0.2) is 0 Å². The minimum atomic E-state index is -0.135. The van der Waals surface area contributed by atoms with Crippen molar-refractivity contribution >= 4 is 46.5 Å². The molecule has 3 rings (SSSR count). The van der Waals surface area contributed by atoms with Gasteiger partial charge in [-0.05, 0) is 24.3 Å². The fraction of sp³-hybridized carbons (Fsp3) is 0.571. The molecule has 0 atom stereocenters. The molecule has 7 heteroatoms. The van der Waals surface area contributed by atoms with Crippen LogP contribution in [0.25, 0.3) is 0 Å². The molecule has 0 N–H and O–H groups in total. The highest BCUT2D eigenvalue weighted by Gasteiger charge is 2.48. The second-order valence-corrected chi connectivity index (χ2v) is 7.95. The van der Waals surface area contributed by atoms with Gasteiger partial charge in [0, 0.05) is 18.0 Å². The predicted octanol–water partition coefficient (Wildman–Crippen LogP) is 2.38. The second kappa shape index (κ2) is 6.18. The third kappa shape index (κ3) is 2.94. The molecule has 0 radical (unpaired) electrons. The van der Waals surface area contributed by atoms with Crippen LogP contribution in [0.15, 0.2) is 17.5 Å². The number of halogens is 1. The maximum Gasteiger partial charge on any atom is 0.237 e. The van der Waals surface area contributed by atoms with Crippen LogP contribution in [-0.2, 0) is 16.1 Å². The van der Waals surface area contributed by atoms with Gasteiger partial charge in [0.15, 0.2) is 0 Å². The van der Waals surface area contributed by atoms with E-state index in [1.54, 1.807) is 23.1 Å². The van der Waals surface area contributed by atoms with E-state index in [0.717, 1.165) is 12.8 Å². The number of likely N-dealkylation sites (tertiary alicyclic amines) is 1. The van der Waals surface area contributed by atoms with Gasteiger partial charge >= 0.3 is 0 Å². The van der Waals surface area contributed by atoms with Crippen molar-refractivity contribution in [3.8, 4) is 0 Å². The molecule has 3 heterocycles. The Balaban J connectivity index is 1.71. The molecule has 1 spiro atoms. The van der Waals surface area contributed by atoms with E-state index in [4.69, 9.17) is 11.6 Å². The monoisotopic (exact) mass is 344 g/mol. The summed E-state index contributed by atoms with van der Waals surface area (Å²) in [5.74, 6) is 0.795. The van der Waals surface area contributed by atoms with Crippen LogP contribution >= 0.6 is 34.7 Å². The lowest BCUT2D eigenvalue weighted by Crippen LogP contribution is -2.52. The molecule has 0 unspecified atom stereocenters. The molecular weight excluding hydrogens is 328 g/mol. The zero-order valence-corrected chi connectivity index (χ0v) is 14.0. The summed E-state index contributed by atoms with van der Waals surface area (Å²) in [6, 6.07) is 4.09. The molecule has 2 amide bonds. The summed E-state index contributed by atoms with van der Waals surface area (Å²) >= 11 is 9.04. The van der Waals surface area contributed by atoms with Gasteiger partial charge < -0.3 is 9.80 Å². The molecule has 1 aromatic heterocycles. The van der Waals surface area contributed by atoms with Gasteiger partial charge in [-0.15, -0.1) is 34.7 Å². The lowest BCUT2D eigenvalue weighted by Gasteiger charge is -2.43. The first kappa shape index (κ1) is 15.2. The summed E-state index contributed by atoms with van der Waals surface area (Å²) in [6.45, 7) is 2.06. The summed E-state index contributed by atoms with van der Waals surface area (Å²) < 4.78 is 0. The van der Waals surface area contributed by atoms with Crippen molar-refractivity contribution in [3.63, 3.8) is 0 Å². The average molecular weight is 345 g/mol. The molecule has 0 bridgehead atoms. The normalized spacial score (nSPS) is 21.3. The van der Waals surface area contributed by atoms with Crippen LogP contribution in [0, 0.1) is 0 Å². The molecule has 114 valence electrons. The highest BCUT2D eigenvalue weighted by atomic mass is 35.5. The first-order valence-corrected chi connectivity index (χ1v) is 9.35. The van der Waals surface area contributed by atoms with Crippen LogP contribution in [0.2, 0.25) is 0 Å². The maximum atomic E-state index is 12.3. The Hall–Kier alpha value is -0.720. The molecule has 0 saturated carbocycles. The van der Waals surface area contributed by atoms with Gasteiger partial charge in [0.2, 0.25) is 11.8 Å². The SMILES string of the molecule is O=C(CCl)N1CCC2(CC1)SCC(=O)N2Cc1cccs1. The molecule has 2 aliphatic rings. The number of carbonyl (C=O) groups excluding carboxylic acids is 2. The van der Waals surface area contributed by atoms with Crippen LogP contribution in [0.3, 0.4) is 0 Å². The quantitative estimate of drug-likeness (QED) is 0.790. The molecule has 2 aliphatic heterocycles. The van der Waals surface area contributed by atoms with Crippen LogP contribution in [0.1, 0.15) is 17.7 Å². The molecular formula is C14H17ClN2O2S2. The van der Waals surface area contributed by atoms with Gasteiger partial charge in [0.1, 0.15) is 5.88 Å². The number of thiophene rings is 1. The van der Waals surface area contributed by atoms with Crippen molar-refractivity contribution in [1.29, 1.82) is 0 Å². The Morgan fingerprint density at radius 3 is 2.76 bits per heavy atom. The number of nitrogens with zero attached hydrogens (tertiary/aromatic N) is 2. The minimum absolute atomic E-state index is 0.00866. The van der Waals surface area contributed by atoms with Crippen molar-refractivity contribution in [2.24, 2.45) is 0 Å². The number of thioether (sulfide) groups is 1. The summed E-state index contributed by atoms with van der Waals surface area (Å²) in [7, 11) is 0. The third-order valence-electron chi connectivity index (χ3n) is 4.16. The van der Waals surface area contributed by atoms with Crippen molar-refractivity contribution in [1.82, 2.24) is 9.80 Å². The Morgan fingerprint density at radius 2 is 2.14 bits per heavy atom. The molecule has 21 heavy (non-hydrogen) atoms. The summed E-state index contributed by atoms with van der Waals surface area (Å²) in [6.07, 6.45) is 1.66. The molecule has 1 aromatic rings. The van der Waals surface area contributed by atoms with Crippen LogP contribution in [0.5, 0.6) is 0 Å². The number of alkyl halides is 1. The molecule has 2 fully saturated rings. The Bertz CT molecular complexity index is 527. The number of hydrogen-bond donors (Lipinski definition) is 0. The fourth-order valence-corrected chi connectivity index (χ4v) is 5.18. The van der Waals surface area contributed by atoms with Crippen molar-refractivity contribution in [3.05, 3.63) is 22.4 Å². The maximum absolute atomic E-state index is 12.3. The van der Waals surface area contributed by atoms with Crippen molar-refractivity contribution in [2.75, 3.05) is 24.7 Å². The second-order valence-electron chi connectivity index (χ2n) is 5.31. The Kier molecular flexibility index (Phi) is 4.47. The molecule has 4 nitrogen and oxygen atoms in total. The summed E-state index contributed by atoms with van der Waals surface area (Å²) in [5.41, 5.74) is 0. The predicted molar refractivity (Wildman–Crippen MR) is 86.6 cm³/mol. The number of rotatable bonds is 3. The van der Waals surface area contributed by atoms with Crippen molar-refractivity contribution < 1.29 is 9.59 Å². The molecule has 0 aliphatic carbocycles. The van der Waals surface area contributed by atoms with E-state index < -0.39 is 0 Å². The minimum Gasteiger partial charge on any atom is -0.341 e. The Morgan fingerprint density at radius 1 is 1.38 bits per heavy atom. The lowest BCUT2D eigenvalue weighted by atomic mass is 10.0. The third-order valence-corrected chi connectivity index (χ3v) is 6.81. The van der Waals surface area contributed by atoms with Gasteiger partial charge in [-0.1, -0.05) is 6.07 Å². The van der Waals surface area contributed by atoms with E-state index >= 15 is 0 Å². The number of piperidine rings is 1. The average Bonchev–Trinajstić information content (AvgIpc) is 3.12. The standard InChI is InChI=1S/C14H17ClN2O2S2/c15-8-12(18)16-5-3-14(4-6-16)17(13(19)10-21-14)9-11-2-1-7-20-11/h1-2,7H,3-6,8-10H2. The van der Waals surface area contributed by atoms with E-state index in [-0.39, 0.29) is 22.6 Å². The van der Waals surface area contributed by atoms with E-state index in [1.807, 2.05) is 21.2 Å². The summed E-state index contributed by atoms with van der Waals surface area (Å²) in [4.78, 5) is 28.8. The lowest BCUT2D eigenvalue weighted by molar-refractivity contribution is -0.134. The zero-order valence-electron chi connectivity index (χ0n) is 11.6. The summed E-state index contributed by atoms with van der Waals surface area (Å²) in [5, 5.41) is 2.04. The first-order valence-electron chi connectivity index (χ1n) is 6.95. The number of carbonyl (C=O) groups is 2. The van der Waals surface area contributed by atoms with E-state index in [0.29, 0.717) is 25.4 Å². The van der Waals surface area contributed by atoms with Gasteiger partial charge in [0.05, 0.1) is 17.2 Å². The smallest absolute Gasteiger partial charge is 0.237 e. The van der Waals surface area contributed by atoms with Gasteiger partial charge in [0.25, 0.3) is 0 Å². The molecule has 0 aromatic carbocycles. The number of hydrogen-bond acceptors (Lipinski definition) is 4. The topological polar surface area (TPSA) is 40.6 Å². The van der Waals surface area contributed by atoms with E-state index in [9.17, 15) is 9.59 Å².